The Bertz CT molecular complexity index is 768. The van der Waals surface area contributed by atoms with Crippen LogP contribution < -0.4 is 10.6 Å². The predicted molar refractivity (Wildman–Crippen MR) is 199 cm³/mol. The molecule has 0 spiro atoms. The number of carbonyl (C=O) groups is 1. The van der Waals surface area contributed by atoms with Gasteiger partial charge < -0.3 is 36.2 Å². The first kappa shape index (κ1) is 45.0. The molecule has 1 aliphatic rings. The fraction of sp³-hybridized carbons (Fsp3) is 0.925. The number of hydrogen-bond donors (Lipinski definition) is 7. The summed E-state index contributed by atoms with van der Waals surface area (Å²) in [6.45, 7) is 4.27. The van der Waals surface area contributed by atoms with Gasteiger partial charge in [-0.25, -0.2) is 0 Å². The van der Waals surface area contributed by atoms with Gasteiger partial charge in [-0.05, 0) is 19.3 Å². The van der Waals surface area contributed by atoms with Gasteiger partial charge in [0.05, 0.1) is 30.4 Å². The smallest absolute Gasteiger partial charge is 0.220 e. The molecule has 7 unspecified atom stereocenters. The lowest BCUT2D eigenvalue weighted by atomic mass is 10.00. The number of hydrogen-bond acceptors (Lipinski definition) is 7. The van der Waals surface area contributed by atoms with Crippen LogP contribution in [0.1, 0.15) is 187 Å². The topological polar surface area (TPSA) is 142 Å². The first-order chi connectivity index (χ1) is 23.3. The highest BCUT2D eigenvalue weighted by Crippen LogP contribution is 2.17. The summed E-state index contributed by atoms with van der Waals surface area (Å²) in [6, 6.07) is -1.29. The van der Waals surface area contributed by atoms with E-state index in [0.29, 0.717) is 12.8 Å². The molecule has 1 rings (SSSR count). The molecule has 8 heteroatoms. The molecular weight excluding hydrogens is 604 g/mol. The Balaban J connectivity index is 2.06. The zero-order valence-electron chi connectivity index (χ0n) is 31.1. The second-order valence-electron chi connectivity index (χ2n) is 14.7. The van der Waals surface area contributed by atoms with E-state index in [-0.39, 0.29) is 25.3 Å². The first-order valence-electron chi connectivity index (χ1n) is 20.4. The highest BCUT2D eigenvalue weighted by molar-refractivity contribution is 5.76. The molecule has 0 fully saturated rings. The van der Waals surface area contributed by atoms with Gasteiger partial charge in [-0.2, -0.15) is 0 Å². The third-order valence-corrected chi connectivity index (χ3v) is 10.2. The molecule has 0 aromatic heterocycles. The molecule has 1 amide bonds. The van der Waals surface area contributed by atoms with Crippen molar-refractivity contribution >= 4 is 5.91 Å². The third-order valence-electron chi connectivity index (χ3n) is 10.2. The molecule has 0 aliphatic heterocycles. The van der Waals surface area contributed by atoms with Crippen molar-refractivity contribution in [1.29, 1.82) is 0 Å². The third kappa shape index (κ3) is 23.4. The predicted octanol–water partition coefficient (Wildman–Crippen LogP) is 7.38. The van der Waals surface area contributed by atoms with Gasteiger partial charge in [0.2, 0.25) is 5.91 Å². The molecule has 0 heterocycles. The van der Waals surface area contributed by atoms with E-state index in [9.17, 15) is 30.3 Å². The van der Waals surface area contributed by atoms with Crippen molar-refractivity contribution in [3.8, 4) is 0 Å². The maximum Gasteiger partial charge on any atom is 0.220 e. The zero-order chi connectivity index (χ0) is 35.2. The first-order valence-corrected chi connectivity index (χ1v) is 20.4. The molecule has 1 aliphatic carbocycles. The summed E-state index contributed by atoms with van der Waals surface area (Å²) in [4.78, 5) is 12.7. The van der Waals surface area contributed by atoms with Crippen LogP contribution in [-0.2, 0) is 4.79 Å². The Hall–Kier alpha value is -1.03. The van der Waals surface area contributed by atoms with Gasteiger partial charge in [-0.15, -0.1) is 0 Å². The van der Waals surface area contributed by atoms with E-state index in [0.717, 1.165) is 19.3 Å². The van der Waals surface area contributed by atoms with E-state index >= 15 is 0 Å². The van der Waals surface area contributed by atoms with Gasteiger partial charge in [-0.1, -0.05) is 167 Å². The Morgan fingerprint density at radius 2 is 1.10 bits per heavy atom. The summed E-state index contributed by atoms with van der Waals surface area (Å²) < 4.78 is 0. The van der Waals surface area contributed by atoms with Crippen LogP contribution in [-0.4, -0.2) is 80.6 Å². The molecule has 7 atom stereocenters. The number of aliphatic hydroxyl groups excluding tert-OH is 5. The van der Waals surface area contributed by atoms with E-state index in [4.69, 9.17) is 0 Å². The monoisotopic (exact) mass is 683 g/mol. The molecule has 8 nitrogen and oxygen atoms in total. The molecule has 0 radical (unpaired) electrons. The molecule has 284 valence electrons. The van der Waals surface area contributed by atoms with Gasteiger partial charge in [0.1, 0.15) is 12.2 Å². The number of carbonyl (C=O) groups excluding carboxylic acids is 1. The second kappa shape index (κ2) is 30.8. The van der Waals surface area contributed by atoms with Crippen molar-refractivity contribution in [3.63, 3.8) is 0 Å². The largest absolute Gasteiger partial charge is 0.393 e. The SMILES string of the molecule is CCCCCCCCCCCCCCCCCCCCCCCCCC(=O)NC(CNC1C=CCC(O)C(O)C1O)C(O)CC(O)CC. The summed E-state index contributed by atoms with van der Waals surface area (Å²) >= 11 is 0. The molecule has 0 aromatic carbocycles. The second-order valence-corrected chi connectivity index (χ2v) is 14.7. The van der Waals surface area contributed by atoms with Crippen LogP contribution in [0.3, 0.4) is 0 Å². The minimum absolute atomic E-state index is 0.132. The van der Waals surface area contributed by atoms with Gasteiger partial charge in [-0.3, -0.25) is 4.79 Å². The van der Waals surface area contributed by atoms with Crippen molar-refractivity contribution < 1.29 is 30.3 Å². The summed E-state index contributed by atoms with van der Waals surface area (Å²) in [6.07, 6.45) is 30.1. The lowest BCUT2D eigenvalue weighted by Gasteiger charge is -2.30. The van der Waals surface area contributed by atoms with Crippen LogP contribution in [0.4, 0.5) is 0 Å². The van der Waals surface area contributed by atoms with Gasteiger partial charge in [0.25, 0.3) is 0 Å². The van der Waals surface area contributed by atoms with Crippen LogP contribution in [0.5, 0.6) is 0 Å². The Kier molecular flexibility index (Phi) is 28.8. The van der Waals surface area contributed by atoms with E-state index in [1.165, 1.54) is 128 Å². The van der Waals surface area contributed by atoms with Crippen LogP contribution >= 0.6 is 0 Å². The van der Waals surface area contributed by atoms with Crippen molar-refractivity contribution in [2.75, 3.05) is 6.54 Å². The fourth-order valence-electron chi connectivity index (χ4n) is 6.75. The minimum atomic E-state index is -1.30. The normalized spacial score (nSPS) is 21.6. The maximum absolute atomic E-state index is 12.7. The van der Waals surface area contributed by atoms with Crippen LogP contribution in [0.25, 0.3) is 0 Å². The standard InChI is InChI=1S/C40H78N2O6/c1-3-5-6-7-8-9-10-11-12-13-14-15-16-17-18-19-20-21-22-23-24-25-26-30-38(46)42-35(37(45)31-33(43)4-2)32-41-34-28-27-29-36(44)40(48)39(34)47/h27-28,33-37,39-41,43-45,47-48H,3-26,29-32H2,1-2H3,(H,42,46). The van der Waals surface area contributed by atoms with E-state index in [2.05, 4.69) is 17.6 Å². The molecule has 0 aromatic rings. The summed E-state index contributed by atoms with van der Waals surface area (Å²) in [7, 11) is 0. The number of unbranched alkanes of at least 4 members (excludes halogenated alkanes) is 22. The molecule has 0 saturated heterocycles. The highest BCUT2D eigenvalue weighted by atomic mass is 16.4. The number of amides is 1. The molecule has 0 bridgehead atoms. The van der Waals surface area contributed by atoms with Crippen molar-refractivity contribution in [1.82, 2.24) is 10.6 Å². The zero-order valence-corrected chi connectivity index (χ0v) is 31.1. The van der Waals surface area contributed by atoms with Crippen molar-refractivity contribution in [2.24, 2.45) is 0 Å². The fourth-order valence-corrected chi connectivity index (χ4v) is 6.75. The summed E-state index contributed by atoms with van der Waals surface area (Å²) in [5.41, 5.74) is 0. The van der Waals surface area contributed by atoms with E-state index in [1.807, 2.05) is 6.92 Å². The lowest BCUT2D eigenvalue weighted by Crippen LogP contribution is -2.55. The quantitative estimate of drug-likeness (QED) is 0.0290. The lowest BCUT2D eigenvalue weighted by molar-refractivity contribution is -0.123. The molecule has 0 saturated carbocycles. The van der Waals surface area contributed by atoms with Gasteiger partial charge in [0.15, 0.2) is 0 Å². The molecule has 48 heavy (non-hydrogen) atoms. The number of aliphatic hydroxyl groups is 5. The Labute approximate surface area is 295 Å². The molecule has 7 N–H and O–H groups in total. The van der Waals surface area contributed by atoms with Crippen molar-refractivity contribution in [3.05, 3.63) is 12.2 Å². The average molecular weight is 683 g/mol. The average Bonchev–Trinajstić information content (AvgIpc) is 3.19. The van der Waals surface area contributed by atoms with Crippen molar-refractivity contribution in [2.45, 2.75) is 230 Å². The minimum Gasteiger partial charge on any atom is -0.393 e. The van der Waals surface area contributed by atoms with E-state index in [1.54, 1.807) is 12.2 Å². The van der Waals surface area contributed by atoms with Gasteiger partial charge in [0, 0.05) is 19.4 Å². The number of nitrogens with one attached hydrogen (secondary N) is 2. The van der Waals surface area contributed by atoms with Crippen LogP contribution in [0, 0.1) is 0 Å². The van der Waals surface area contributed by atoms with Gasteiger partial charge >= 0.3 is 0 Å². The van der Waals surface area contributed by atoms with Crippen LogP contribution in [0.15, 0.2) is 12.2 Å². The Morgan fingerprint density at radius 3 is 1.54 bits per heavy atom. The highest BCUT2D eigenvalue weighted by Gasteiger charge is 2.33. The Morgan fingerprint density at radius 1 is 0.667 bits per heavy atom. The van der Waals surface area contributed by atoms with E-state index < -0.39 is 42.6 Å². The summed E-state index contributed by atoms with van der Waals surface area (Å²) in [5, 5.41) is 57.4. The summed E-state index contributed by atoms with van der Waals surface area (Å²) in [5.74, 6) is -0.136. The maximum atomic E-state index is 12.7. The van der Waals surface area contributed by atoms with Crippen LogP contribution in [0.2, 0.25) is 0 Å². The molecular formula is C40H78N2O6. The number of rotatable bonds is 32.